The van der Waals surface area contributed by atoms with Gasteiger partial charge in [-0.25, -0.2) is 4.39 Å². The molecule has 0 bridgehead atoms. The van der Waals surface area contributed by atoms with Crippen molar-refractivity contribution in [2.45, 2.75) is 18.9 Å². The van der Waals surface area contributed by atoms with Crippen molar-refractivity contribution >= 4 is 17.5 Å². The third-order valence-corrected chi connectivity index (χ3v) is 3.63. The summed E-state index contributed by atoms with van der Waals surface area (Å²) >= 11 is 5.66. The Morgan fingerprint density at radius 2 is 2.20 bits per heavy atom. The summed E-state index contributed by atoms with van der Waals surface area (Å²) in [6.07, 6.45) is 1.53. The molecule has 1 amide bonds. The Labute approximate surface area is 122 Å². The Bertz CT molecular complexity index is 536. The lowest BCUT2D eigenvalue weighted by molar-refractivity contribution is 0.0910. The highest BCUT2D eigenvalue weighted by Crippen LogP contribution is 2.16. The SMILES string of the molecule is N#CCN1CCC(NC(=O)c2ccc(Cl)cc2F)CC1. The fourth-order valence-corrected chi connectivity index (χ4v) is 2.43. The highest BCUT2D eigenvalue weighted by Gasteiger charge is 2.22. The minimum absolute atomic E-state index is 0.00820. The van der Waals surface area contributed by atoms with Crippen molar-refractivity contribution in [3.05, 3.63) is 34.6 Å². The Balaban J connectivity index is 1.91. The first-order valence-corrected chi connectivity index (χ1v) is 6.83. The zero-order valence-electron chi connectivity index (χ0n) is 10.9. The van der Waals surface area contributed by atoms with Gasteiger partial charge in [-0.2, -0.15) is 5.26 Å². The molecular formula is C14H15ClFN3O. The van der Waals surface area contributed by atoms with Crippen molar-refractivity contribution in [2.75, 3.05) is 19.6 Å². The average Bonchev–Trinajstić information content (AvgIpc) is 2.41. The van der Waals surface area contributed by atoms with Crippen molar-refractivity contribution in [2.24, 2.45) is 0 Å². The first-order chi connectivity index (χ1) is 9.60. The lowest BCUT2D eigenvalue weighted by Crippen LogP contribution is -2.44. The Morgan fingerprint density at radius 1 is 1.50 bits per heavy atom. The number of hydrogen-bond acceptors (Lipinski definition) is 3. The molecule has 1 fully saturated rings. The molecule has 6 heteroatoms. The summed E-state index contributed by atoms with van der Waals surface area (Å²) in [7, 11) is 0. The number of nitrogens with one attached hydrogen (secondary N) is 1. The number of nitriles is 1. The van der Waals surface area contributed by atoms with Crippen LogP contribution in [0.25, 0.3) is 0 Å². The van der Waals surface area contributed by atoms with Gasteiger partial charge in [-0.3, -0.25) is 9.69 Å². The molecule has 1 aliphatic rings. The van der Waals surface area contributed by atoms with E-state index in [9.17, 15) is 9.18 Å². The Morgan fingerprint density at radius 3 is 2.80 bits per heavy atom. The molecule has 0 spiro atoms. The molecular weight excluding hydrogens is 281 g/mol. The molecule has 0 saturated carbocycles. The molecule has 0 atom stereocenters. The van der Waals surface area contributed by atoms with E-state index in [4.69, 9.17) is 16.9 Å². The molecule has 0 unspecified atom stereocenters. The van der Waals surface area contributed by atoms with Gasteiger partial charge in [-0.1, -0.05) is 11.6 Å². The lowest BCUT2D eigenvalue weighted by Gasteiger charge is -2.30. The summed E-state index contributed by atoms with van der Waals surface area (Å²) in [6, 6.07) is 6.14. The van der Waals surface area contributed by atoms with E-state index in [0.29, 0.717) is 6.54 Å². The second kappa shape index (κ2) is 6.69. The number of piperidine rings is 1. The van der Waals surface area contributed by atoms with Gasteiger partial charge in [0.05, 0.1) is 18.2 Å². The van der Waals surface area contributed by atoms with Crippen molar-refractivity contribution in [1.82, 2.24) is 10.2 Å². The standard InChI is InChI=1S/C14H15ClFN3O/c15-10-1-2-12(13(16)9-10)14(20)18-11-3-6-19(7-4-11)8-5-17/h1-2,9,11H,3-4,6-8H2,(H,18,20). The average molecular weight is 296 g/mol. The second-order valence-corrected chi connectivity index (χ2v) is 5.24. The molecule has 0 radical (unpaired) electrons. The highest BCUT2D eigenvalue weighted by atomic mass is 35.5. The van der Waals surface area contributed by atoms with Crippen LogP contribution < -0.4 is 5.32 Å². The molecule has 1 N–H and O–H groups in total. The van der Waals surface area contributed by atoms with E-state index in [1.165, 1.54) is 12.1 Å². The van der Waals surface area contributed by atoms with E-state index in [-0.39, 0.29) is 16.6 Å². The van der Waals surface area contributed by atoms with E-state index in [1.807, 2.05) is 4.90 Å². The zero-order chi connectivity index (χ0) is 14.5. The quantitative estimate of drug-likeness (QED) is 0.870. The van der Waals surface area contributed by atoms with Gasteiger partial charge in [0.2, 0.25) is 0 Å². The lowest BCUT2D eigenvalue weighted by atomic mass is 10.0. The summed E-state index contributed by atoms with van der Waals surface area (Å²) in [4.78, 5) is 14.0. The molecule has 1 heterocycles. The first-order valence-electron chi connectivity index (χ1n) is 6.45. The van der Waals surface area contributed by atoms with Crippen LogP contribution in [0.2, 0.25) is 5.02 Å². The molecule has 2 rings (SSSR count). The molecule has 0 aromatic heterocycles. The molecule has 20 heavy (non-hydrogen) atoms. The maximum Gasteiger partial charge on any atom is 0.254 e. The number of carbonyl (C=O) groups excluding carboxylic acids is 1. The summed E-state index contributed by atoms with van der Waals surface area (Å²) in [6.45, 7) is 1.94. The van der Waals surface area contributed by atoms with Gasteiger partial charge in [0, 0.05) is 24.2 Å². The summed E-state index contributed by atoms with van der Waals surface area (Å²) < 4.78 is 13.6. The normalized spacial score (nSPS) is 16.6. The van der Waals surface area contributed by atoms with Gasteiger partial charge >= 0.3 is 0 Å². The minimum Gasteiger partial charge on any atom is -0.349 e. The second-order valence-electron chi connectivity index (χ2n) is 4.81. The monoisotopic (exact) mass is 295 g/mol. The molecule has 4 nitrogen and oxygen atoms in total. The Kier molecular flexibility index (Phi) is 4.94. The smallest absolute Gasteiger partial charge is 0.254 e. The zero-order valence-corrected chi connectivity index (χ0v) is 11.7. The number of nitrogens with zero attached hydrogens (tertiary/aromatic N) is 2. The van der Waals surface area contributed by atoms with Crippen LogP contribution in [0.5, 0.6) is 0 Å². The van der Waals surface area contributed by atoms with Gasteiger partial charge in [0.15, 0.2) is 0 Å². The fourth-order valence-electron chi connectivity index (χ4n) is 2.27. The number of hydrogen-bond donors (Lipinski definition) is 1. The van der Waals surface area contributed by atoms with Crippen LogP contribution >= 0.6 is 11.6 Å². The molecule has 1 saturated heterocycles. The van der Waals surface area contributed by atoms with Gasteiger partial charge in [-0.15, -0.1) is 0 Å². The molecule has 1 aromatic rings. The van der Waals surface area contributed by atoms with Gasteiger partial charge in [-0.05, 0) is 31.0 Å². The van der Waals surface area contributed by atoms with E-state index < -0.39 is 11.7 Å². The summed E-state index contributed by atoms with van der Waals surface area (Å²) in [5.41, 5.74) is 0.00820. The van der Waals surface area contributed by atoms with Crippen molar-refractivity contribution in [1.29, 1.82) is 5.26 Å². The van der Waals surface area contributed by atoms with Crippen molar-refractivity contribution in [3.8, 4) is 6.07 Å². The number of benzene rings is 1. The summed E-state index contributed by atoms with van der Waals surface area (Å²) in [5.74, 6) is -1.03. The molecule has 0 aliphatic carbocycles. The number of carbonyl (C=O) groups is 1. The minimum atomic E-state index is -0.614. The first kappa shape index (κ1) is 14.8. The van der Waals surface area contributed by atoms with E-state index in [0.717, 1.165) is 32.0 Å². The fraction of sp³-hybridized carbons (Fsp3) is 0.429. The Hall–Kier alpha value is -1.64. The van der Waals surface area contributed by atoms with E-state index in [2.05, 4.69) is 11.4 Å². The number of halogens is 2. The number of likely N-dealkylation sites (tertiary alicyclic amines) is 1. The van der Waals surface area contributed by atoms with Crippen molar-refractivity contribution in [3.63, 3.8) is 0 Å². The van der Waals surface area contributed by atoms with Crippen LogP contribution in [0.1, 0.15) is 23.2 Å². The van der Waals surface area contributed by atoms with Gasteiger partial charge in [0.25, 0.3) is 5.91 Å². The molecule has 1 aliphatic heterocycles. The number of amides is 1. The van der Waals surface area contributed by atoms with Gasteiger partial charge < -0.3 is 5.32 Å². The highest BCUT2D eigenvalue weighted by molar-refractivity contribution is 6.30. The third kappa shape index (κ3) is 3.69. The predicted molar refractivity (Wildman–Crippen MR) is 74.0 cm³/mol. The van der Waals surface area contributed by atoms with Crippen LogP contribution in [0.15, 0.2) is 18.2 Å². The topological polar surface area (TPSA) is 56.1 Å². The van der Waals surface area contributed by atoms with Crippen LogP contribution in [-0.2, 0) is 0 Å². The van der Waals surface area contributed by atoms with Crippen LogP contribution in [0, 0.1) is 17.1 Å². The number of rotatable bonds is 3. The maximum atomic E-state index is 13.6. The van der Waals surface area contributed by atoms with Gasteiger partial charge in [0.1, 0.15) is 5.82 Å². The summed E-state index contributed by atoms with van der Waals surface area (Å²) in [5, 5.41) is 11.7. The van der Waals surface area contributed by atoms with Crippen molar-refractivity contribution < 1.29 is 9.18 Å². The molecule has 1 aromatic carbocycles. The largest absolute Gasteiger partial charge is 0.349 e. The van der Waals surface area contributed by atoms with Crippen LogP contribution in [0.4, 0.5) is 4.39 Å². The van der Waals surface area contributed by atoms with E-state index >= 15 is 0 Å². The third-order valence-electron chi connectivity index (χ3n) is 3.39. The molecule has 106 valence electrons. The van der Waals surface area contributed by atoms with E-state index in [1.54, 1.807) is 0 Å². The maximum absolute atomic E-state index is 13.6. The van der Waals surface area contributed by atoms with Crippen LogP contribution in [-0.4, -0.2) is 36.5 Å². The van der Waals surface area contributed by atoms with Crippen LogP contribution in [0.3, 0.4) is 0 Å². The predicted octanol–water partition coefficient (Wildman–Crippen LogP) is 2.20.